The lowest BCUT2D eigenvalue weighted by molar-refractivity contribution is -0.0351. The van der Waals surface area contributed by atoms with Gasteiger partial charge in [0.2, 0.25) is 5.95 Å². The van der Waals surface area contributed by atoms with Crippen LogP contribution in [0.1, 0.15) is 34.2 Å². The highest BCUT2D eigenvalue weighted by molar-refractivity contribution is 5.30. The molecule has 3 aromatic rings. The first-order valence-electron chi connectivity index (χ1n) is 10.5. The Hall–Kier alpha value is -2.90. The van der Waals surface area contributed by atoms with E-state index in [1.807, 2.05) is 50.4 Å². The van der Waals surface area contributed by atoms with Crippen LogP contribution in [0.4, 0.5) is 10.3 Å². The SMILES string of the molecule is Cc1cc(Cc2ccc(F)cc2)cc([C@@H]2CN(Cc3cnc(N(C)C)nc3)CCO2)n1. The first-order chi connectivity index (χ1) is 15.0. The van der Waals surface area contributed by atoms with Gasteiger partial charge in [0.15, 0.2) is 0 Å². The lowest BCUT2D eigenvalue weighted by atomic mass is 10.0. The standard InChI is InChI=1S/C24H28FN5O/c1-17-10-19(11-18-4-6-21(25)7-5-18)12-22(28-17)23-16-30(8-9-31-23)15-20-13-26-24(27-14-20)29(2)3/h4-7,10,12-14,23H,8-9,11,15-16H2,1-3H3/t23-/m0/s1. The number of halogens is 1. The molecule has 0 saturated carbocycles. The lowest BCUT2D eigenvalue weighted by Gasteiger charge is -2.32. The predicted octanol–water partition coefficient (Wildman–Crippen LogP) is 3.55. The predicted molar refractivity (Wildman–Crippen MR) is 119 cm³/mol. The molecule has 1 fully saturated rings. The van der Waals surface area contributed by atoms with Gasteiger partial charge in [-0.1, -0.05) is 12.1 Å². The van der Waals surface area contributed by atoms with Crippen LogP contribution >= 0.6 is 0 Å². The molecule has 1 saturated heterocycles. The molecular weight excluding hydrogens is 393 g/mol. The Bertz CT molecular complexity index is 1010. The molecule has 31 heavy (non-hydrogen) atoms. The Morgan fingerprint density at radius 3 is 2.52 bits per heavy atom. The van der Waals surface area contributed by atoms with E-state index in [-0.39, 0.29) is 11.9 Å². The number of ether oxygens (including phenoxy) is 1. The molecule has 6 nitrogen and oxygen atoms in total. The van der Waals surface area contributed by atoms with Gasteiger partial charge < -0.3 is 9.64 Å². The van der Waals surface area contributed by atoms with Gasteiger partial charge in [0.25, 0.3) is 0 Å². The quantitative estimate of drug-likeness (QED) is 0.607. The molecule has 2 aromatic heterocycles. The zero-order valence-electron chi connectivity index (χ0n) is 18.3. The van der Waals surface area contributed by atoms with Crippen molar-refractivity contribution in [1.82, 2.24) is 19.9 Å². The maximum absolute atomic E-state index is 13.2. The number of rotatable bonds is 6. The van der Waals surface area contributed by atoms with Crippen molar-refractivity contribution in [1.29, 1.82) is 0 Å². The molecule has 7 heteroatoms. The van der Waals surface area contributed by atoms with E-state index in [0.29, 0.717) is 12.6 Å². The Kier molecular flexibility index (Phi) is 6.53. The minimum atomic E-state index is -0.215. The fourth-order valence-electron chi connectivity index (χ4n) is 3.82. The molecule has 4 rings (SSSR count). The smallest absolute Gasteiger partial charge is 0.224 e. The number of benzene rings is 1. The summed E-state index contributed by atoms with van der Waals surface area (Å²) in [7, 11) is 3.86. The van der Waals surface area contributed by atoms with Crippen LogP contribution in [-0.2, 0) is 17.7 Å². The molecule has 1 aliphatic heterocycles. The second-order valence-corrected chi connectivity index (χ2v) is 8.23. The minimum Gasteiger partial charge on any atom is -0.369 e. The Labute approximate surface area is 182 Å². The number of hydrogen-bond acceptors (Lipinski definition) is 6. The number of hydrogen-bond donors (Lipinski definition) is 0. The Morgan fingerprint density at radius 2 is 1.81 bits per heavy atom. The van der Waals surface area contributed by atoms with Gasteiger partial charge in [-0.2, -0.15) is 0 Å². The summed E-state index contributed by atoms with van der Waals surface area (Å²) >= 11 is 0. The van der Waals surface area contributed by atoms with Crippen molar-refractivity contribution < 1.29 is 9.13 Å². The fraction of sp³-hybridized carbons (Fsp3) is 0.375. The van der Waals surface area contributed by atoms with E-state index < -0.39 is 0 Å². The summed E-state index contributed by atoms with van der Waals surface area (Å²) in [5.74, 6) is 0.494. The first kappa shape index (κ1) is 21.3. The number of aryl methyl sites for hydroxylation is 1. The third-order valence-electron chi connectivity index (χ3n) is 5.33. The van der Waals surface area contributed by atoms with Crippen molar-refractivity contribution in [3.8, 4) is 0 Å². The van der Waals surface area contributed by atoms with E-state index in [4.69, 9.17) is 9.72 Å². The average Bonchev–Trinajstić information content (AvgIpc) is 2.75. The van der Waals surface area contributed by atoms with E-state index in [2.05, 4.69) is 27.0 Å². The molecular formula is C24H28FN5O. The van der Waals surface area contributed by atoms with Crippen LogP contribution in [0.2, 0.25) is 0 Å². The summed E-state index contributed by atoms with van der Waals surface area (Å²) in [6, 6.07) is 10.8. The van der Waals surface area contributed by atoms with Crippen LogP contribution < -0.4 is 4.90 Å². The van der Waals surface area contributed by atoms with E-state index >= 15 is 0 Å². The third-order valence-corrected chi connectivity index (χ3v) is 5.33. The Balaban J connectivity index is 1.44. The van der Waals surface area contributed by atoms with E-state index in [9.17, 15) is 4.39 Å². The Morgan fingerprint density at radius 1 is 1.06 bits per heavy atom. The molecule has 0 unspecified atom stereocenters. The van der Waals surface area contributed by atoms with Crippen LogP contribution in [0.25, 0.3) is 0 Å². The van der Waals surface area contributed by atoms with E-state index in [1.54, 1.807) is 0 Å². The fourth-order valence-corrected chi connectivity index (χ4v) is 3.82. The summed E-state index contributed by atoms with van der Waals surface area (Å²) in [6.45, 7) is 5.07. The van der Waals surface area contributed by atoms with Crippen LogP contribution in [0.5, 0.6) is 0 Å². The minimum absolute atomic E-state index is 0.0809. The molecule has 0 amide bonds. The van der Waals surface area contributed by atoms with Gasteiger partial charge in [0.1, 0.15) is 11.9 Å². The number of aromatic nitrogens is 3. The largest absolute Gasteiger partial charge is 0.369 e. The maximum atomic E-state index is 13.2. The van der Waals surface area contributed by atoms with Gasteiger partial charge in [-0.3, -0.25) is 9.88 Å². The van der Waals surface area contributed by atoms with Crippen molar-refractivity contribution in [2.45, 2.75) is 26.0 Å². The van der Waals surface area contributed by atoms with Crippen LogP contribution in [0, 0.1) is 12.7 Å². The summed E-state index contributed by atoms with van der Waals surface area (Å²) in [5, 5.41) is 0. The molecule has 162 valence electrons. The highest BCUT2D eigenvalue weighted by atomic mass is 19.1. The molecule has 0 N–H and O–H groups in total. The van der Waals surface area contributed by atoms with E-state index in [1.165, 1.54) is 12.1 Å². The van der Waals surface area contributed by atoms with Gasteiger partial charge in [-0.15, -0.1) is 0 Å². The number of pyridine rings is 1. The molecule has 1 aromatic carbocycles. The van der Waals surface area contributed by atoms with Gasteiger partial charge in [0, 0.05) is 57.4 Å². The highest BCUT2D eigenvalue weighted by Crippen LogP contribution is 2.24. The molecule has 0 aliphatic carbocycles. The van der Waals surface area contributed by atoms with Crippen LogP contribution in [-0.4, -0.2) is 53.6 Å². The first-order valence-corrected chi connectivity index (χ1v) is 10.5. The average molecular weight is 422 g/mol. The monoisotopic (exact) mass is 421 g/mol. The molecule has 0 bridgehead atoms. The van der Waals surface area contributed by atoms with Crippen molar-refractivity contribution in [2.24, 2.45) is 0 Å². The zero-order valence-corrected chi connectivity index (χ0v) is 18.3. The van der Waals surface area contributed by atoms with Crippen molar-refractivity contribution in [2.75, 3.05) is 38.7 Å². The van der Waals surface area contributed by atoms with Gasteiger partial charge in [0.05, 0.1) is 12.3 Å². The van der Waals surface area contributed by atoms with Gasteiger partial charge in [-0.05, 0) is 48.7 Å². The highest BCUT2D eigenvalue weighted by Gasteiger charge is 2.24. The van der Waals surface area contributed by atoms with Crippen LogP contribution in [0.15, 0.2) is 48.8 Å². The molecule has 0 radical (unpaired) electrons. The zero-order chi connectivity index (χ0) is 21.8. The van der Waals surface area contributed by atoms with Crippen molar-refractivity contribution in [3.63, 3.8) is 0 Å². The topological polar surface area (TPSA) is 54.4 Å². The summed E-state index contributed by atoms with van der Waals surface area (Å²) in [5.41, 5.74) is 5.22. The second-order valence-electron chi connectivity index (χ2n) is 8.23. The van der Waals surface area contributed by atoms with Crippen molar-refractivity contribution >= 4 is 5.95 Å². The summed E-state index contributed by atoms with van der Waals surface area (Å²) in [4.78, 5) is 17.8. The van der Waals surface area contributed by atoms with Gasteiger partial charge >= 0.3 is 0 Å². The molecule has 0 spiro atoms. The third kappa shape index (κ3) is 5.62. The summed E-state index contributed by atoms with van der Waals surface area (Å²) < 4.78 is 19.3. The van der Waals surface area contributed by atoms with Crippen molar-refractivity contribution in [3.05, 3.63) is 82.7 Å². The van der Waals surface area contributed by atoms with Gasteiger partial charge in [-0.25, -0.2) is 14.4 Å². The summed E-state index contributed by atoms with van der Waals surface area (Å²) in [6.07, 6.45) is 4.43. The number of nitrogens with zero attached hydrogens (tertiary/aromatic N) is 5. The lowest BCUT2D eigenvalue weighted by Crippen LogP contribution is -2.38. The molecule has 3 heterocycles. The van der Waals surface area contributed by atoms with Crippen LogP contribution in [0.3, 0.4) is 0 Å². The molecule has 1 aliphatic rings. The maximum Gasteiger partial charge on any atom is 0.224 e. The number of morpholine rings is 1. The second kappa shape index (κ2) is 9.49. The molecule has 1 atom stereocenters. The number of anilines is 1. The van der Waals surface area contributed by atoms with E-state index in [0.717, 1.165) is 54.1 Å². The normalized spacial score (nSPS) is 17.0.